The highest BCUT2D eigenvalue weighted by molar-refractivity contribution is 5.81. The van der Waals surface area contributed by atoms with Gasteiger partial charge in [-0.25, -0.2) is 4.98 Å². The monoisotopic (exact) mass is 252 g/mol. The topological polar surface area (TPSA) is 27.1 Å². The van der Waals surface area contributed by atoms with Gasteiger partial charge in [-0.15, -0.1) is 0 Å². The third-order valence-corrected chi connectivity index (χ3v) is 3.38. The van der Waals surface area contributed by atoms with Gasteiger partial charge in [0.15, 0.2) is 0 Å². The molecule has 0 saturated carbocycles. The Hall–Kier alpha value is -2.29. The molecule has 0 fully saturated rings. The van der Waals surface area contributed by atoms with E-state index in [-0.39, 0.29) is 0 Å². The average molecular weight is 252 g/mol. The molecule has 0 N–H and O–H groups in total. The summed E-state index contributed by atoms with van der Waals surface area (Å²) in [4.78, 5) is 4.70. The molecule has 0 amide bonds. The quantitative estimate of drug-likeness (QED) is 0.697. The number of aryl methyl sites for hydroxylation is 2. The van der Waals surface area contributed by atoms with Crippen molar-refractivity contribution < 1.29 is 4.74 Å². The summed E-state index contributed by atoms with van der Waals surface area (Å²) in [5, 5.41) is 0. The van der Waals surface area contributed by atoms with Crippen molar-refractivity contribution in [3.8, 4) is 17.1 Å². The van der Waals surface area contributed by atoms with Crippen molar-refractivity contribution in [2.24, 2.45) is 7.05 Å². The Kier molecular flexibility index (Phi) is 2.75. The zero-order valence-electron chi connectivity index (χ0n) is 11.3. The fourth-order valence-corrected chi connectivity index (χ4v) is 2.30. The van der Waals surface area contributed by atoms with Gasteiger partial charge in [-0.1, -0.05) is 6.07 Å². The predicted molar refractivity (Wildman–Crippen MR) is 77.4 cm³/mol. The van der Waals surface area contributed by atoms with Crippen LogP contribution in [0.25, 0.3) is 22.4 Å². The normalized spacial score (nSPS) is 10.9. The Morgan fingerprint density at radius 2 is 1.79 bits per heavy atom. The highest BCUT2D eigenvalue weighted by Gasteiger charge is 2.09. The van der Waals surface area contributed by atoms with Crippen LogP contribution in [-0.2, 0) is 7.05 Å². The Morgan fingerprint density at radius 1 is 1.05 bits per heavy atom. The number of imidazole rings is 1. The second-order valence-corrected chi connectivity index (χ2v) is 4.72. The molecule has 0 radical (unpaired) electrons. The Bertz CT molecular complexity index is 726. The van der Waals surface area contributed by atoms with Crippen molar-refractivity contribution in [2.75, 3.05) is 7.11 Å². The van der Waals surface area contributed by atoms with E-state index in [1.165, 1.54) is 5.56 Å². The summed E-state index contributed by atoms with van der Waals surface area (Å²) < 4.78 is 7.31. The minimum absolute atomic E-state index is 0.860. The van der Waals surface area contributed by atoms with Crippen molar-refractivity contribution in [3.63, 3.8) is 0 Å². The number of methoxy groups -OCH3 is 1. The van der Waals surface area contributed by atoms with Gasteiger partial charge in [0.25, 0.3) is 0 Å². The van der Waals surface area contributed by atoms with E-state index in [0.717, 1.165) is 28.2 Å². The fraction of sp³-hybridized carbons (Fsp3) is 0.188. The molecule has 1 aromatic heterocycles. The molecular weight excluding hydrogens is 236 g/mol. The molecule has 0 aliphatic rings. The molecular formula is C16H16N2O. The highest BCUT2D eigenvalue weighted by atomic mass is 16.5. The lowest BCUT2D eigenvalue weighted by atomic mass is 10.2. The van der Waals surface area contributed by atoms with Gasteiger partial charge in [0.2, 0.25) is 0 Å². The Labute approximate surface area is 112 Å². The molecule has 0 saturated heterocycles. The second-order valence-electron chi connectivity index (χ2n) is 4.72. The zero-order chi connectivity index (χ0) is 13.4. The van der Waals surface area contributed by atoms with Gasteiger partial charge in [0.05, 0.1) is 18.1 Å². The predicted octanol–water partition coefficient (Wildman–Crippen LogP) is 3.56. The number of hydrogen-bond donors (Lipinski definition) is 0. The number of hydrogen-bond acceptors (Lipinski definition) is 2. The van der Waals surface area contributed by atoms with Crippen LogP contribution in [0.2, 0.25) is 0 Å². The highest BCUT2D eigenvalue weighted by Crippen LogP contribution is 2.25. The van der Waals surface area contributed by atoms with Gasteiger partial charge < -0.3 is 9.30 Å². The van der Waals surface area contributed by atoms with Crippen LogP contribution in [-0.4, -0.2) is 16.7 Å². The van der Waals surface area contributed by atoms with Gasteiger partial charge in [0, 0.05) is 12.6 Å². The second kappa shape index (κ2) is 4.43. The summed E-state index contributed by atoms with van der Waals surface area (Å²) >= 11 is 0. The van der Waals surface area contributed by atoms with Crippen LogP contribution in [0.4, 0.5) is 0 Å². The van der Waals surface area contributed by atoms with Gasteiger partial charge in [-0.3, -0.25) is 0 Å². The fourth-order valence-electron chi connectivity index (χ4n) is 2.30. The standard InChI is InChI=1S/C16H16N2O/c1-11-4-9-14-15(10-11)18(2)16(17-14)12-5-7-13(19-3)8-6-12/h4-10H,1-3H3. The van der Waals surface area contributed by atoms with Crippen molar-refractivity contribution in [3.05, 3.63) is 48.0 Å². The van der Waals surface area contributed by atoms with Crippen molar-refractivity contribution in [1.82, 2.24) is 9.55 Å². The summed E-state index contributed by atoms with van der Waals surface area (Å²) in [6.07, 6.45) is 0. The third kappa shape index (κ3) is 1.97. The van der Waals surface area contributed by atoms with Crippen molar-refractivity contribution in [2.45, 2.75) is 6.92 Å². The van der Waals surface area contributed by atoms with E-state index in [2.05, 4.69) is 29.7 Å². The zero-order valence-corrected chi connectivity index (χ0v) is 11.3. The average Bonchev–Trinajstić information content (AvgIpc) is 2.76. The van der Waals surface area contributed by atoms with Gasteiger partial charge in [0.1, 0.15) is 11.6 Å². The third-order valence-electron chi connectivity index (χ3n) is 3.38. The maximum atomic E-state index is 5.18. The SMILES string of the molecule is COc1ccc(-c2nc3ccc(C)cc3n2C)cc1. The number of aromatic nitrogens is 2. The first-order chi connectivity index (χ1) is 9.19. The van der Waals surface area contributed by atoms with Gasteiger partial charge in [-0.05, 0) is 48.9 Å². The van der Waals surface area contributed by atoms with E-state index in [0.29, 0.717) is 0 Å². The molecule has 3 heteroatoms. The van der Waals surface area contributed by atoms with E-state index in [4.69, 9.17) is 9.72 Å². The lowest BCUT2D eigenvalue weighted by Crippen LogP contribution is -1.92. The maximum Gasteiger partial charge on any atom is 0.140 e. The van der Waals surface area contributed by atoms with Crippen molar-refractivity contribution in [1.29, 1.82) is 0 Å². The molecule has 0 unspecified atom stereocenters. The lowest BCUT2D eigenvalue weighted by Gasteiger charge is -2.04. The van der Waals surface area contributed by atoms with Crippen LogP contribution in [0, 0.1) is 6.92 Å². The summed E-state index contributed by atoms with van der Waals surface area (Å²) in [7, 11) is 3.72. The summed E-state index contributed by atoms with van der Waals surface area (Å²) in [5.41, 5.74) is 4.53. The van der Waals surface area contributed by atoms with E-state index >= 15 is 0 Å². The molecule has 0 aliphatic heterocycles. The van der Waals surface area contributed by atoms with Crippen molar-refractivity contribution >= 4 is 11.0 Å². The van der Waals surface area contributed by atoms with Crippen LogP contribution in [0.1, 0.15) is 5.56 Å². The Balaban J connectivity index is 2.16. The number of fused-ring (bicyclic) bond motifs is 1. The van der Waals surface area contributed by atoms with E-state index in [1.54, 1.807) is 7.11 Å². The Morgan fingerprint density at radius 3 is 2.47 bits per heavy atom. The molecule has 1 heterocycles. The van der Waals surface area contributed by atoms with Crippen LogP contribution >= 0.6 is 0 Å². The number of rotatable bonds is 2. The van der Waals surface area contributed by atoms with Crippen LogP contribution in [0.3, 0.4) is 0 Å². The molecule has 3 aromatic rings. The largest absolute Gasteiger partial charge is 0.497 e. The smallest absolute Gasteiger partial charge is 0.140 e. The van der Waals surface area contributed by atoms with E-state index in [9.17, 15) is 0 Å². The summed E-state index contributed by atoms with van der Waals surface area (Å²) in [6.45, 7) is 2.10. The number of ether oxygens (including phenoxy) is 1. The molecule has 3 rings (SSSR count). The maximum absolute atomic E-state index is 5.18. The molecule has 0 aliphatic carbocycles. The van der Waals surface area contributed by atoms with E-state index < -0.39 is 0 Å². The number of nitrogens with zero attached hydrogens (tertiary/aromatic N) is 2. The molecule has 2 aromatic carbocycles. The minimum Gasteiger partial charge on any atom is -0.497 e. The molecule has 3 nitrogen and oxygen atoms in total. The lowest BCUT2D eigenvalue weighted by molar-refractivity contribution is 0.415. The first-order valence-electron chi connectivity index (χ1n) is 6.26. The summed E-state index contributed by atoms with van der Waals surface area (Å²) in [6, 6.07) is 14.3. The van der Waals surface area contributed by atoms with Crippen LogP contribution in [0.5, 0.6) is 5.75 Å². The number of benzene rings is 2. The van der Waals surface area contributed by atoms with Gasteiger partial charge in [-0.2, -0.15) is 0 Å². The molecule has 19 heavy (non-hydrogen) atoms. The van der Waals surface area contributed by atoms with Gasteiger partial charge >= 0.3 is 0 Å². The molecule has 96 valence electrons. The van der Waals surface area contributed by atoms with Crippen LogP contribution in [0.15, 0.2) is 42.5 Å². The molecule has 0 spiro atoms. The first kappa shape index (κ1) is 11.8. The first-order valence-corrected chi connectivity index (χ1v) is 6.26. The molecule has 0 bridgehead atoms. The van der Waals surface area contributed by atoms with Crippen LogP contribution < -0.4 is 4.74 Å². The summed E-state index contributed by atoms with van der Waals surface area (Å²) in [5.74, 6) is 1.83. The molecule has 0 atom stereocenters. The van der Waals surface area contributed by atoms with E-state index in [1.807, 2.05) is 31.3 Å². The minimum atomic E-state index is 0.860.